The van der Waals surface area contributed by atoms with E-state index in [9.17, 15) is 9.90 Å². The van der Waals surface area contributed by atoms with Crippen molar-refractivity contribution in [2.75, 3.05) is 7.11 Å². The SMILES string of the molecule is CC/C(O)=C(\N=Nc1ccccc1)C(=O)OC. The Morgan fingerprint density at radius 3 is 2.53 bits per heavy atom. The molecule has 5 heteroatoms. The molecule has 1 N–H and O–H groups in total. The summed E-state index contributed by atoms with van der Waals surface area (Å²) >= 11 is 0. The summed E-state index contributed by atoms with van der Waals surface area (Å²) < 4.78 is 4.51. The zero-order chi connectivity index (χ0) is 12.7. The summed E-state index contributed by atoms with van der Waals surface area (Å²) in [4.78, 5) is 11.3. The summed E-state index contributed by atoms with van der Waals surface area (Å²) in [5.41, 5.74) is 0.427. The van der Waals surface area contributed by atoms with E-state index >= 15 is 0 Å². The summed E-state index contributed by atoms with van der Waals surface area (Å²) in [6, 6.07) is 8.92. The van der Waals surface area contributed by atoms with Crippen molar-refractivity contribution < 1.29 is 14.6 Å². The molecule has 1 rings (SSSR count). The Kier molecular flexibility index (Phi) is 4.87. The highest BCUT2D eigenvalue weighted by molar-refractivity contribution is 5.88. The van der Waals surface area contributed by atoms with Gasteiger partial charge in [-0.25, -0.2) is 4.79 Å². The third-order valence-corrected chi connectivity index (χ3v) is 2.01. The Morgan fingerprint density at radius 1 is 1.35 bits per heavy atom. The standard InChI is InChI=1S/C12H14N2O3/c1-3-10(15)11(12(16)17-2)14-13-9-7-5-4-6-8-9/h4-8,15H,3H2,1-2H3/b11-10+,14-13?. The lowest BCUT2D eigenvalue weighted by Gasteiger charge is -2.01. The number of esters is 1. The molecule has 0 unspecified atom stereocenters. The second-order valence-electron chi connectivity index (χ2n) is 3.18. The molecule has 0 aliphatic carbocycles. The molecule has 0 aliphatic rings. The molecule has 90 valence electrons. The van der Waals surface area contributed by atoms with E-state index in [-0.39, 0.29) is 17.9 Å². The van der Waals surface area contributed by atoms with Gasteiger partial charge in [0.05, 0.1) is 12.8 Å². The Hall–Kier alpha value is -2.17. The molecule has 0 aromatic heterocycles. The number of azo groups is 1. The number of hydrogen-bond acceptors (Lipinski definition) is 5. The molecule has 17 heavy (non-hydrogen) atoms. The Labute approximate surface area is 99.4 Å². The molecule has 1 aromatic rings. The minimum atomic E-state index is -0.705. The molecule has 0 bridgehead atoms. The van der Waals surface area contributed by atoms with E-state index in [0.717, 1.165) is 0 Å². The van der Waals surface area contributed by atoms with Crippen LogP contribution < -0.4 is 0 Å². The number of benzene rings is 1. The molecule has 1 aromatic carbocycles. The van der Waals surface area contributed by atoms with Crippen molar-refractivity contribution in [1.82, 2.24) is 0 Å². The van der Waals surface area contributed by atoms with Gasteiger partial charge in [-0.3, -0.25) is 0 Å². The smallest absolute Gasteiger partial charge is 0.362 e. The number of aliphatic hydroxyl groups is 1. The van der Waals surface area contributed by atoms with Gasteiger partial charge in [-0.15, -0.1) is 5.11 Å². The molecule has 0 spiro atoms. The molecule has 0 saturated heterocycles. The summed E-state index contributed by atoms with van der Waals surface area (Å²) in [5, 5.41) is 17.1. The van der Waals surface area contributed by atoms with E-state index in [1.54, 1.807) is 31.2 Å². The molecule has 0 saturated carbocycles. The van der Waals surface area contributed by atoms with Gasteiger partial charge in [-0.05, 0) is 12.1 Å². The summed E-state index contributed by atoms with van der Waals surface area (Å²) in [5.74, 6) is -0.847. The summed E-state index contributed by atoms with van der Waals surface area (Å²) in [7, 11) is 1.23. The van der Waals surface area contributed by atoms with Gasteiger partial charge < -0.3 is 9.84 Å². The maximum atomic E-state index is 11.3. The largest absolute Gasteiger partial charge is 0.510 e. The van der Waals surface area contributed by atoms with Crippen LogP contribution >= 0.6 is 0 Å². The van der Waals surface area contributed by atoms with Crippen LogP contribution in [0.1, 0.15) is 13.3 Å². The molecule has 0 radical (unpaired) electrons. The zero-order valence-electron chi connectivity index (χ0n) is 9.75. The van der Waals surface area contributed by atoms with E-state index in [2.05, 4.69) is 15.0 Å². The number of allylic oxidation sites excluding steroid dienone is 1. The average molecular weight is 234 g/mol. The van der Waals surface area contributed by atoms with Gasteiger partial charge in [0, 0.05) is 6.42 Å². The predicted octanol–water partition coefficient (Wildman–Crippen LogP) is 3.12. The number of rotatable bonds is 4. The monoisotopic (exact) mass is 234 g/mol. The first kappa shape index (κ1) is 12.9. The van der Waals surface area contributed by atoms with Gasteiger partial charge in [0.1, 0.15) is 5.76 Å². The second kappa shape index (κ2) is 6.42. The minimum absolute atomic E-state index is 0.142. The number of hydrogen-bond donors (Lipinski definition) is 1. The van der Waals surface area contributed by atoms with Crippen molar-refractivity contribution in [2.45, 2.75) is 13.3 Å². The van der Waals surface area contributed by atoms with Crippen molar-refractivity contribution in [1.29, 1.82) is 0 Å². The quantitative estimate of drug-likeness (QED) is 0.376. The molecule has 0 fully saturated rings. The fourth-order valence-electron chi connectivity index (χ4n) is 1.08. The van der Waals surface area contributed by atoms with Crippen molar-refractivity contribution in [3.63, 3.8) is 0 Å². The van der Waals surface area contributed by atoms with Crippen LogP contribution in [0.25, 0.3) is 0 Å². The Morgan fingerprint density at radius 2 is 2.00 bits per heavy atom. The second-order valence-corrected chi connectivity index (χ2v) is 3.18. The summed E-state index contributed by atoms with van der Waals surface area (Å²) in [6.45, 7) is 1.70. The van der Waals surface area contributed by atoms with Crippen LogP contribution in [0.15, 0.2) is 52.0 Å². The van der Waals surface area contributed by atoms with Crippen molar-refractivity contribution in [3.05, 3.63) is 41.8 Å². The number of ether oxygens (including phenoxy) is 1. The first-order valence-electron chi connectivity index (χ1n) is 5.16. The Bertz CT molecular complexity index is 438. The van der Waals surface area contributed by atoms with Crippen LogP contribution in [0.4, 0.5) is 5.69 Å². The minimum Gasteiger partial charge on any atom is -0.510 e. The van der Waals surface area contributed by atoms with E-state index in [4.69, 9.17) is 0 Å². The topological polar surface area (TPSA) is 71.2 Å². The summed E-state index contributed by atoms with van der Waals surface area (Å²) in [6.07, 6.45) is 0.290. The normalized spacial score (nSPS) is 12.4. The lowest BCUT2D eigenvalue weighted by molar-refractivity contribution is -0.136. The first-order chi connectivity index (χ1) is 8.19. The molecule has 0 heterocycles. The molecule has 0 amide bonds. The van der Waals surface area contributed by atoms with Crippen LogP contribution in [0.3, 0.4) is 0 Å². The van der Waals surface area contributed by atoms with Crippen LogP contribution in [0.5, 0.6) is 0 Å². The molecular formula is C12H14N2O3. The molecule has 0 aliphatic heterocycles. The maximum absolute atomic E-state index is 11.3. The number of carbonyl (C=O) groups is 1. The lowest BCUT2D eigenvalue weighted by Crippen LogP contribution is -2.05. The van der Waals surface area contributed by atoms with E-state index in [1.807, 2.05) is 6.07 Å². The van der Waals surface area contributed by atoms with Gasteiger partial charge in [0.25, 0.3) is 0 Å². The van der Waals surface area contributed by atoms with Crippen LogP contribution in [0.2, 0.25) is 0 Å². The molecule has 5 nitrogen and oxygen atoms in total. The highest BCUT2D eigenvalue weighted by Gasteiger charge is 2.14. The number of nitrogens with zero attached hydrogens (tertiary/aromatic N) is 2. The number of aliphatic hydroxyl groups excluding tert-OH is 1. The highest BCUT2D eigenvalue weighted by Crippen LogP contribution is 2.15. The van der Waals surface area contributed by atoms with Gasteiger partial charge in [-0.2, -0.15) is 5.11 Å². The van der Waals surface area contributed by atoms with Gasteiger partial charge >= 0.3 is 5.97 Å². The van der Waals surface area contributed by atoms with Crippen LogP contribution in [0, 0.1) is 0 Å². The van der Waals surface area contributed by atoms with Gasteiger partial charge in [0.2, 0.25) is 5.70 Å². The zero-order valence-corrected chi connectivity index (χ0v) is 9.75. The molecular weight excluding hydrogens is 220 g/mol. The van der Waals surface area contributed by atoms with Crippen LogP contribution in [-0.4, -0.2) is 18.2 Å². The number of methoxy groups -OCH3 is 1. The van der Waals surface area contributed by atoms with E-state index in [1.165, 1.54) is 7.11 Å². The predicted molar refractivity (Wildman–Crippen MR) is 62.9 cm³/mol. The first-order valence-corrected chi connectivity index (χ1v) is 5.16. The fourth-order valence-corrected chi connectivity index (χ4v) is 1.08. The van der Waals surface area contributed by atoms with Gasteiger partial charge in [-0.1, -0.05) is 25.1 Å². The maximum Gasteiger partial charge on any atom is 0.362 e. The van der Waals surface area contributed by atoms with Crippen LogP contribution in [-0.2, 0) is 9.53 Å². The molecule has 0 atom stereocenters. The highest BCUT2D eigenvalue weighted by atomic mass is 16.5. The fraction of sp³-hybridized carbons (Fsp3) is 0.250. The average Bonchev–Trinajstić information content (AvgIpc) is 2.39. The lowest BCUT2D eigenvalue weighted by atomic mass is 10.3. The van der Waals surface area contributed by atoms with Crippen molar-refractivity contribution >= 4 is 11.7 Å². The third kappa shape index (κ3) is 3.71. The van der Waals surface area contributed by atoms with Crippen molar-refractivity contribution in [3.8, 4) is 0 Å². The van der Waals surface area contributed by atoms with Crippen molar-refractivity contribution in [2.24, 2.45) is 10.2 Å². The number of carbonyl (C=O) groups excluding carboxylic acids is 1. The Balaban J connectivity index is 2.96. The van der Waals surface area contributed by atoms with E-state index < -0.39 is 5.97 Å². The van der Waals surface area contributed by atoms with Gasteiger partial charge in [0.15, 0.2) is 0 Å². The van der Waals surface area contributed by atoms with E-state index in [0.29, 0.717) is 5.69 Å². The third-order valence-electron chi connectivity index (χ3n) is 2.01.